The van der Waals surface area contributed by atoms with Crippen LogP contribution in [0.2, 0.25) is 0 Å². The summed E-state index contributed by atoms with van der Waals surface area (Å²) < 4.78 is 36.5. The largest absolute Gasteiger partial charge is 1.00 e. The third-order valence-electron chi connectivity index (χ3n) is 3.40. The Balaban J connectivity index is 0.00000364. The summed E-state index contributed by atoms with van der Waals surface area (Å²) in [6.07, 6.45) is 0. The summed E-state index contributed by atoms with van der Waals surface area (Å²) in [4.78, 5) is 12.8. The average Bonchev–Trinajstić information content (AvgIpc) is 2.51. The first-order chi connectivity index (χ1) is 12.1. The Hall–Kier alpha value is -1.78. The van der Waals surface area contributed by atoms with Gasteiger partial charge >= 0.3 is 29.6 Å². The fourth-order valence-corrected chi connectivity index (χ4v) is 2.74. The third kappa shape index (κ3) is 6.71. The Kier molecular flexibility index (Phi) is 8.12. The van der Waals surface area contributed by atoms with Gasteiger partial charge < -0.3 is 8.74 Å². The van der Waals surface area contributed by atoms with E-state index in [1.165, 1.54) is 12.1 Å². The van der Waals surface area contributed by atoms with Gasteiger partial charge in [-0.1, -0.05) is 5.22 Å². The molecule has 8 nitrogen and oxygen atoms in total. The first-order valence-corrected chi connectivity index (χ1v) is 8.90. The van der Waals surface area contributed by atoms with Gasteiger partial charge in [0.1, 0.15) is 5.75 Å². The number of carbonyl (C=O) groups is 1. The minimum atomic E-state index is -4.87. The molecule has 138 valence electrons. The first-order valence-electron chi connectivity index (χ1n) is 7.57. The fraction of sp³-hybridized carbons (Fsp3) is 0.235. The van der Waals surface area contributed by atoms with Crippen molar-refractivity contribution in [1.29, 1.82) is 0 Å². The van der Waals surface area contributed by atoms with Crippen LogP contribution < -0.4 is 33.7 Å². The molecule has 0 aliphatic carbocycles. The van der Waals surface area contributed by atoms with E-state index in [0.29, 0.717) is 27.9 Å². The van der Waals surface area contributed by atoms with Crippen LogP contribution in [0.5, 0.6) is 5.75 Å². The minimum Gasteiger partial charge on any atom is -0.716 e. The summed E-state index contributed by atoms with van der Waals surface area (Å²) in [5, 5.41) is 9.43. The quantitative estimate of drug-likeness (QED) is 0.168. The molecule has 0 saturated carbocycles. The predicted molar refractivity (Wildman–Crippen MR) is 94.3 cm³/mol. The van der Waals surface area contributed by atoms with Gasteiger partial charge in [-0.3, -0.25) is 9.80 Å². The third-order valence-corrected chi connectivity index (χ3v) is 3.80. The van der Waals surface area contributed by atoms with Gasteiger partial charge in [0.2, 0.25) is 0 Å². The van der Waals surface area contributed by atoms with Crippen LogP contribution in [0.15, 0.2) is 46.7 Å². The SMILES string of the molecule is Cc1cc(OS(=O)(=O)[O-])cc(C)c1C(=O)c1ccc(N=NN(C)C)cc1.[Na+]. The molecular weight excluding hydrogens is 381 g/mol. The Morgan fingerprint density at radius 2 is 1.59 bits per heavy atom. The van der Waals surface area contributed by atoms with Gasteiger partial charge in [0, 0.05) is 25.2 Å². The van der Waals surface area contributed by atoms with E-state index < -0.39 is 10.4 Å². The number of nitrogens with zero attached hydrogens (tertiary/aromatic N) is 3. The van der Waals surface area contributed by atoms with E-state index in [1.807, 2.05) is 0 Å². The Morgan fingerprint density at radius 1 is 1.07 bits per heavy atom. The molecule has 10 heteroatoms. The van der Waals surface area contributed by atoms with Crippen molar-refractivity contribution in [3.8, 4) is 5.75 Å². The van der Waals surface area contributed by atoms with E-state index in [-0.39, 0.29) is 41.1 Å². The number of rotatable bonds is 6. The van der Waals surface area contributed by atoms with Gasteiger partial charge in [0.25, 0.3) is 10.4 Å². The van der Waals surface area contributed by atoms with Crippen molar-refractivity contribution < 1.29 is 51.5 Å². The second-order valence-electron chi connectivity index (χ2n) is 5.84. The average molecular weight is 399 g/mol. The van der Waals surface area contributed by atoms with Gasteiger partial charge in [0.15, 0.2) is 5.78 Å². The van der Waals surface area contributed by atoms with E-state index in [9.17, 15) is 17.8 Å². The molecule has 0 fully saturated rings. The molecule has 0 atom stereocenters. The van der Waals surface area contributed by atoms with Crippen LogP contribution in [0.4, 0.5) is 5.69 Å². The molecule has 0 saturated heterocycles. The van der Waals surface area contributed by atoms with Crippen molar-refractivity contribution in [3.05, 3.63) is 58.7 Å². The van der Waals surface area contributed by atoms with Crippen molar-refractivity contribution >= 4 is 21.9 Å². The molecule has 0 bridgehead atoms. The second kappa shape index (κ2) is 9.43. The molecule has 2 aromatic carbocycles. The van der Waals surface area contributed by atoms with Crippen molar-refractivity contribution in [1.82, 2.24) is 5.01 Å². The van der Waals surface area contributed by atoms with Crippen molar-refractivity contribution in [2.75, 3.05) is 14.1 Å². The zero-order valence-electron chi connectivity index (χ0n) is 15.8. The monoisotopic (exact) mass is 399 g/mol. The van der Waals surface area contributed by atoms with Crippen molar-refractivity contribution in [2.24, 2.45) is 10.3 Å². The van der Waals surface area contributed by atoms with Crippen LogP contribution in [0.3, 0.4) is 0 Å². The summed E-state index contributed by atoms with van der Waals surface area (Å²) in [5.41, 5.74) is 2.48. The van der Waals surface area contributed by atoms with E-state index in [0.717, 1.165) is 0 Å². The van der Waals surface area contributed by atoms with Gasteiger partial charge in [-0.2, -0.15) is 0 Å². The molecule has 27 heavy (non-hydrogen) atoms. The molecule has 0 unspecified atom stereocenters. The molecular formula is C17H18N3NaO5S. The van der Waals surface area contributed by atoms with Crippen LogP contribution in [-0.4, -0.2) is 37.9 Å². The van der Waals surface area contributed by atoms with E-state index in [2.05, 4.69) is 14.5 Å². The Bertz CT molecular complexity index is 934. The van der Waals surface area contributed by atoms with Gasteiger partial charge in [0.05, 0.1) is 5.69 Å². The van der Waals surface area contributed by atoms with Crippen molar-refractivity contribution in [2.45, 2.75) is 13.8 Å². The van der Waals surface area contributed by atoms with E-state index in [4.69, 9.17) is 0 Å². The second-order valence-corrected chi connectivity index (χ2v) is 6.82. The molecule has 0 spiro atoms. The van der Waals surface area contributed by atoms with E-state index >= 15 is 0 Å². The number of benzene rings is 2. The summed E-state index contributed by atoms with van der Waals surface area (Å²) in [7, 11) is -1.37. The summed E-state index contributed by atoms with van der Waals surface area (Å²) in [6.45, 7) is 3.29. The molecule has 0 amide bonds. The topological polar surface area (TPSA) is 111 Å². The van der Waals surface area contributed by atoms with Crippen molar-refractivity contribution in [3.63, 3.8) is 0 Å². The van der Waals surface area contributed by atoms with Crippen LogP contribution in [0.1, 0.15) is 27.0 Å². The number of ketones is 1. The maximum atomic E-state index is 12.8. The molecule has 0 heterocycles. The van der Waals surface area contributed by atoms with Crippen LogP contribution in [0, 0.1) is 13.8 Å². The molecule has 0 aliphatic rings. The van der Waals surface area contributed by atoms with Gasteiger partial charge in [-0.15, -0.1) is 5.11 Å². The fourth-order valence-electron chi connectivity index (χ4n) is 2.41. The zero-order chi connectivity index (χ0) is 19.5. The van der Waals surface area contributed by atoms with E-state index in [1.54, 1.807) is 57.2 Å². The number of carbonyl (C=O) groups excluding carboxylic acids is 1. The number of aryl methyl sites for hydroxylation is 2. The Labute approximate surface area is 180 Å². The maximum Gasteiger partial charge on any atom is 1.00 e. The molecule has 0 aliphatic heterocycles. The summed E-state index contributed by atoms with van der Waals surface area (Å²) in [5.74, 6) is -0.348. The zero-order valence-corrected chi connectivity index (χ0v) is 18.6. The molecule has 0 N–H and O–H groups in total. The van der Waals surface area contributed by atoms with Crippen LogP contribution in [0.25, 0.3) is 0 Å². The Morgan fingerprint density at radius 3 is 2.04 bits per heavy atom. The molecule has 0 aromatic heterocycles. The normalized spacial score (nSPS) is 11.1. The van der Waals surface area contributed by atoms with Crippen LogP contribution >= 0.6 is 0 Å². The van der Waals surface area contributed by atoms with Gasteiger partial charge in [-0.25, -0.2) is 8.42 Å². The summed E-state index contributed by atoms with van der Waals surface area (Å²) in [6, 6.07) is 9.30. The number of hydrogen-bond acceptors (Lipinski definition) is 7. The smallest absolute Gasteiger partial charge is 0.716 e. The number of hydrogen-bond donors (Lipinski definition) is 0. The predicted octanol–water partition coefficient (Wildman–Crippen LogP) is -0.0623. The molecule has 2 rings (SSSR count). The summed E-state index contributed by atoms with van der Waals surface area (Å²) >= 11 is 0. The standard InChI is InChI=1S/C17H19N3O5S.Na/c1-11-9-15(25-26(22,23)24)10-12(2)16(11)17(21)13-5-7-14(8-6-13)18-19-20(3)4;/h5-10H,1-4H3,(H,22,23,24);/q;+1/p-1. The minimum absolute atomic E-state index is 0. The molecule has 0 radical (unpaired) electrons. The molecule has 2 aromatic rings. The van der Waals surface area contributed by atoms with Crippen LogP contribution in [-0.2, 0) is 10.4 Å². The maximum absolute atomic E-state index is 12.8. The first kappa shape index (κ1) is 23.3. The van der Waals surface area contributed by atoms with Gasteiger partial charge in [-0.05, 0) is 61.4 Å².